The van der Waals surface area contributed by atoms with Crippen molar-refractivity contribution < 1.29 is 15.2 Å². The number of aliphatic hydroxyl groups excluding tert-OH is 1. The Balaban J connectivity index is 2.53. The van der Waals surface area contributed by atoms with Gasteiger partial charge in [-0.3, -0.25) is 0 Å². The number of hydrogen-bond donors (Lipinski definition) is 2. The first-order valence-corrected chi connectivity index (χ1v) is 7.27. The van der Waals surface area contributed by atoms with E-state index in [2.05, 4.69) is 39.1 Å². The van der Waals surface area contributed by atoms with Crippen LogP contribution in [0.2, 0.25) is 0 Å². The van der Waals surface area contributed by atoms with Gasteiger partial charge in [-0.05, 0) is 37.8 Å². The van der Waals surface area contributed by atoms with Crippen LogP contribution < -0.4 is 10.1 Å². The Morgan fingerprint density at radius 3 is 2.53 bits per heavy atom. The van der Waals surface area contributed by atoms with Crippen molar-refractivity contribution in [3.05, 3.63) is 29.8 Å². The van der Waals surface area contributed by atoms with E-state index in [1.54, 1.807) is 0 Å². The van der Waals surface area contributed by atoms with Crippen molar-refractivity contribution in [3.8, 4) is 5.75 Å². The number of rotatable bonds is 8. The average molecular weight is 266 g/mol. The second-order valence-corrected chi connectivity index (χ2v) is 5.53. The first kappa shape index (κ1) is 16.0. The molecule has 2 atom stereocenters. The Hall–Kier alpha value is -1.06. The molecule has 0 bridgehead atoms. The molecular formula is C16H28NO2+. The predicted octanol–water partition coefficient (Wildman–Crippen LogP) is 1.91. The minimum Gasteiger partial charge on any atom is -0.490 e. The number of nitrogens with two attached hydrogens (primary N) is 1. The molecule has 1 rings (SSSR count). The molecule has 0 aliphatic rings. The molecule has 0 aromatic heterocycles. The van der Waals surface area contributed by atoms with Crippen LogP contribution >= 0.6 is 0 Å². The van der Waals surface area contributed by atoms with Gasteiger partial charge < -0.3 is 15.2 Å². The molecule has 0 spiro atoms. The van der Waals surface area contributed by atoms with Gasteiger partial charge in [0.15, 0.2) is 0 Å². The fourth-order valence-corrected chi connectivity index (χ4v) is 1.92. The number of benzene rings is 1. The number of ether oxygens (including phenoxy) is 1. The average Bonchev–Trinajstić information content (AvgIpc) is 2.42. The van der Waals surface area contributed by atoms with E-state index in [1.165, 1.54) is 5.56 Å². The van der Waals surface area contributed by atoms with E-state index in [4.69, 9.17) is 4.74 Å². The van der Waals surface area contributed by atoms with Crippen LogP contribution in [0.1, 0.15) is 45.6 Å². The summed E-state index contributed by atoms with van der Waals surface area (Å²) in [4.78, 5) is 0. The summed E-state index contributed by atoms with van der Waals surface area (Å²) in [6.45, 7) is 9.65. The highest BCUT2D eigenvalue weighted by molar-refractivity contribution is 5.35. The third-order valence-electron chi connectivity index (χ3n) is 3.37. The van der Waals surface area contributed by atoms with Crippen molar-refractivity contribution >= 4 is 0 Å². The van der Waals surface area contributed by atoms with Crippen molar-refractivity contribution in [2.24, 2.45) is 0 Å². The third kappa shape index (κ3) is 5.62. The van der Waals surface area contributed by atoms with Gasteiger partial charge in [-0.1, -0.05) is 32.0 Å². The maximum atomic E-state index is 9.89. The highest BCUT2D eigenvalue weighted by atomic mass is 16.5. The van der Waals surface area contributed by atoms with Gasteiger partial charge in [0.05, 0.1) is 6.04 Å². The monoisotopic (exact) mass is 266 g/mol. The summed E-state index contributed by atoms with van der Waals surface area (Å²) in [7, 11) is 0. The van der Waals surface area contributed by atoms with Crippen LogP contribution in [-0.4, -0.2) is 30.4 Å². The molecule has 3 heteroatoms. The smallest absolute Gasteiger partial charge is 0.137 e. The Labute approximate surface area is 117 Å². The zero-order chi connectivity index (χ0) is 14.3. The second kappa shape index (κ2) is 8.18. The molecule has 0 saturated carbocycles. The largest absolute Gasteiger partial charge is 0.490 e. The SMILES string of the molecule is CC[C@H](C)c1ccccc1OC[C@@H](O)C[NH2+]C(C)C. The summed E-state index contributed by atoms with van der Waals surface area (Å²) >= 11 is 0. The van der Waals surface area contributed by atoms with Gasteiger partial charge in [0.1, 0.15) is 25.0 Å². The topological polar surface area (TPSA) is 46.1 Å². The van der Waals surface area contributed by atoms with Gasteiger partial charge in [0.2, 0.25) is 0 Å². The van der Waals surface area contributed by atoms with Crippen LogP contribution in [-0.2, 0) is 0 Å². The van der Waals surface area contributed by atoms with Crippen molar-refractivity contribution in [1.29, 1.82) is 0 Å². The maximum absolute atomic E-state index is 9.89. The van der Waals surface area contributed by atoms with Gasteiger partial charge in [0, 0.05) is 0 Å². The van der Waals surface area contributed by atoms with E-state index in [9.17, 15) is 5.11 Å². The Morgan fingerprint density at radius 2 is 1.89 bits per heavy atom. The van der Waals surface area contributed by atoms with E-state index < -0.39 is 6.10 Å². The van der Waals surface area contributed by atoms with Crippen LogP contribution in [0.25, 0.3) is 0 Å². The van der Waals surface area contributed by atoms with Crippen molar-refractivity contribution in [2.75, 3.05) is 13.2 Å². The summed E-state index contributed by atoms with van der Waals surface area (Å²) in [6, 6.07) is 8.61. The van der Waals surface area contributed by atoms with Gasteiger partial charge >= 0.3 is 0 Å². The van der Waals surface area contributed by atoms with E-state index in [1.807, 2.05) is 18.2 Å². The van der Waals surface area contributed by atoms with Gasteiger partial charge in [-0.15, -0.1) is 0 Å². The van der Waals surface area contributed by atoms with E-state index in [0.29, 0.717) is 25.1 Å². The lowest BCUT2D eigenvalue weighted by molar-refractivity contribution is -0.688. The molecule has 3 N–H and O–H groups in total. The summed E-state index contributed by atoms with van der Waals surface area (Å²) in [5.74, 6) is 1.39. The standard InChI is InChI=1S/C16H27NO2/c1-5-13(4)15-8-6-7-9-16(15)19-11-14(18)10-17-12(2)3/h6-9,12-14,17-18H,5,10-11H2,1-4H3/p+1/t13-,14-/m0/s1. The molecule has 0 aliphatic heterocycles. The minimum atomic E-state index is -0.424. The lowest BCUT2D eigenvalue weighted by Gasteiger charge is -2.17. The molecule has 0 fully saturated rings. The lowest BCUT2D eigenvalue weighted by atomic mass is 9.98. The fraction of sp³-hybridized carbons (Fsp3) is 0.625. The van der Waals surface area contributed by atoms with Crippen LogP contribution in [0.4, 0.5) is 0 Å². The summed E-state index contributed by atoms with van der Waals surface area (Å²) in [6.07, 6.45) is 0.664. The normalized spacial score (nSPS) is 14.4. The van der Waals surface area contributed by atoms with E-state index in [-0.39, 0.29) is 0 Å². The Bertz CT molecular complexity index is 366. The number of quaternary nitrogens is 1. The molecule has 0 amide bonds. The molecule has 19 heavy (non-hydrogen) atoms. The molecule has 0 heterocycles. The number of hydrogen-bond acceptors (Lipinski definition) is 2. The third-order valence-corrected chi connectivity index (χ3v) is 3.37. The first-order valence-electron chi connectivity index (χ1n) is 7.27. The second-order valence-electron chi connectivity index (χ2n) is 5.53. The van der Waals surface area contributed by atoms with E-state index >= 15 is 0 Å². The van der Waals surface area contributed by atoms with Crippen molar-refractivity contribution in [1.82, 2.24) is 0 Å². The number of para-hydroxylation sites is 1. The summed E-state index contributed by atoms with van der Waals surface area (Å²) in [5.41, 5.74) is 1.23. The first-order chi connectivity index (χ1) is 9.04. The molecular weight excluding hydrogens is 238 g/mol. The van der Waals surface area contributed by atoms with Gasteiger partial charge in [0.25, 0.3) is 0 Å². The fourth-order valence-electron chi connectivity index (χ4n) is 1.92. The Morgan fingerprint density at radius 1 is 1.21 bits per heavy atom. The molecule has 0 saturated heterocycles. The zero-order valence-corrected chi connectivity index (χ0v) is 12.6. The molecule has 0 radical (unpaired) electrons. The molecule has 3 nitrogen and oxygen atoms in total. The minimum absolute atomic E-state index is 0.358. The van der Waals surface area contributed by atoms with Gasteiger partial charge in [-0.2, -0.15) is 0 Å². The Kier molecular flexibility index (Phi) is 6.89. The van der Waals surface area contributed by atoms with E-state index in [0.717, 1.165) is 12.2 Å². The van der Waals surface area contributed by atoms with Crippen molar-refractivity contribution in [3.63, 3.8) is 0 Å². The summed E-state index contributed by atoms with van der Waals surface area (Å²) in [5, 5.41) is 12.0. The van der Waals surface area contributed by atoms with Crippen molar-refractivity contribution in [2.45, 2.75) is 52.2 Å². The highest BCUT2D eigenvalue weighted by Gasteiger charge is 2.12. The zero-order valence-electron chi connectivity index (χ0n) is 12.6. The van der Waals surface area contributed by atoms with Crippen LogP contribution in [0.15, 0.2) is 24.3 Å². The molecule has 108 valence electrons. The molecule has 0 aliphatic carbocycles. The number of aliphatic hydroxyl groups is 1. The predicted molar refractivity (Wildman–Crippen MR) is 78.6 cm³/mol. The highest BCUT2D eigenvalue weighted by Crippen LogP contribution is 2.28. The van der Waals surface area contributed by atoms with Crippen LogP contribution in [0.5, 0.6) is 5.75 Å². The van der Waals surface area contributed by atoms with Crippen LogP contribution in [0.3, 0.4) is 0 Å². The molecule has 1 aromatic carbocycles. The molecule has 0 unspecified atom stereocenters. The molecule has 1 aromatic rings. The van der Waals surface area contributed by atoms with Crippen LogP contribution in [0, 0.1) is 0 Å². The lowest BCUT2D eigenvalue weighted by Crippen LogP contribution is -2.90. The quantitative estimate of drug-likeness (QED) is 0.755. The van der Waals surface area contributed by atoms with Gasteiger partial charge in [-0.25, -0.2) is 0 Å². The maximum Gasteiger partial charge on any atom is 0.137 e. The summed E-state index contributed by atoms with van der Waals surface area (Å²) < 4.78 is 5.78.